The summed E-state index contributed by atoms with van der Waals surface area (Å²) < 4.78 is 12.8. The molecule has 0 saturated heterocycles. The summed E-state index contributed by atoms with van der Waals surface area (Å²) in [6, 6.07) is 15.6. The summed E-state index contributed by atoms with van der Waals surface area (Å²) in [6.07, 6.45) is -0.171. The van der Waals surface area contributed by atoms with Gasteiger partial charge in [-0.1, -0.05) is 47.6 Å². The topological polar surface area (TPSA) is 50.7 Å². The van der Waals surface area contributed by atoms with Crippen LogP contribution in [0.15, 0.2) is 59.8 Å². The Morgan fingerprint density at radius 3 is 2.64 bits per heavy atom. The zero-order valence-corrected chi connectivity index (χ0v) is 11.8. The number of benzene rings is 2. The van der Waals surface area contributed by atoms with Crippen LogP contribution in [0.2, 0.25) is 0 Å². The first-order valence-corrected chi connectivity index (χ1v) is 7.02. The molecule has 4 nitrogen and oxygen atoms in total. The van der Waals surface area contributed by atoms with Crippen molar-refractivity contribution < 1.29 is 14.0 Å². The molecule has 0 spiro atoms. The number of oxime groups is 1. The molecule has 1 aliphatic heterocycles. The Balaban J connectivity index is 1.53. The molecule has 0 unspecified atom stereocenters. The van der Waals surface area contributed by atoms with Gasteiger partial charge in [0, 0.05) is 13.0 Å². The minimum Gasteiger partial charge on any atom is -0.382 e. The Morgan fingerprint density at radius 2 is 1.91 bits per heavy atom. The predicted molar refractivity (Wildman–Crippen MR) is 80.7 cm³/mol. The van der Waals surface area contributed by atoms with E-state index >= 15 is 0 Å². The lowest BCUT2D eigenvalue weighted by atomic mass is 10.0. The van der Waals surface area contributed by atoms with Gasteiger partial charge < -0.3 is 10.2 Å². The highest BCUT2D eigenvalue weighted by Gasteiger charge is 2.28. The maximum Gasteiger partial charge on any atom is 0.264 e. The maximum absolute atomic E-state index is 12.8. The maximum atomic E-state index is 12.8. The minimum absolute atomic E-state index is 0.223. The molecule has 1 aliphatic rings. The lowest BCUT2D eigenvalue weighted by Crippen LogP contribution is -2.34. The van der Waals surface area contributed by atoms with Crippen LogP contribution in [0.3, 0.4) is 0 Å². The highest BCUT2D eigenvalue weighted by molar-refractivity contribution is 6.04. The van der Waals surface area contributed by atoms with E-state index in [-0.39, 0.29) is 11.7 Å². The molecule has 1 amide bonds. The molecule has 1 heterocycles. The van der Waals surface area contributed by atoms with Crippen molar-refractivity contribution in [3.63, 3.8) is 0 Å². The number of carbonyl (C=O) groups is 1. The Hall–Kier alpha value is -2.69. The van der Waals surface area contributed by atoms with E-state index in [9.17, 15) is 9.18 Å². The Morgan fingerprint density at radius 1 is 1.18 bits per heavy atom. The first kappa shape index (κ1) is 14.3. The van der Waals surface area contributed by atoms with Crippen LogP contribution in [0, 0.1) is 5.82 Å². The third kappa shape index (κ3) is 3.31. The normalized spacial score (nSPS) is 16.8. The van der Waals surface area contributed by atoms with Crippen molar-refractivity contribution in [1.29, 1.82) is 0 Å². The number of carbonyl (C=O) groups excluding carboxylic acids is 1. The van der Waals surface area contributed by atoms with Gasteiger partial charge in [0.05, 0.1) is 5.71 Å². The lowest BCUT2D eigenvalue weighted by Gasteiger charge is -2.09. The largest absolute Gasteiger partial charge is 0.382 e. The molecule has 2 aromatic rings. The first-order valence-electron chi connectivity index (χ1n) is 7.02. The molecule has 112 valence electrons. The number of halogens is 1. The summed E-state index contributed by atoms with van der Waals surface area (Å²) in [5.74, 6) is -0.519. The number of hydrogen-bond acceptors (Lipinski definition) is 3. The zero-order valence-electron chi connectivity index (χ0n) is 11.8. The van der Waals surface area contributed by atoms with Crippen LogP contribution in [-0.4, -0.2) is 17.7 Å². The lowest BCUT2D eigenvalue weighted by molar-refractivity contribution is -0.131. The SMILES string of the molecule is O=C(NCc1ccc(F)cc1)[C@@H]1CC(c2ccccc2)=NO1. The van der Waals surface area contributed by atoms with E-state index < -0.39 is 6.10 Å². The van der Waals surface area contributed by atoms with E-state index in [0.717, 1.165) is 16.8 Å². The molecule has 0 aromatic heterocycles. The summed E-state index contributed by atoms with van der Waals surface area (Å²) in [5, 5.41) is 6.75. The fourth-order valence-corrected chi connectivity index (χ4v) is 2.22. The number of rotatable bonds is 4. The van der Waals surface area contributed by atoms with Gasteiger partial charge in [0.15, 0.2) is 0 Å². The van der Waals surface area contributed by atoms with Crippen molar-refractivity contribution in [2.24, 2.45) is 5.16 Å². The molecule has 3 rings (SSSR count). The molecule has 0 radical (unpaired) electrons. The van der Waals surface area contributed by atoms with Gasteiger partial charge in [0.2, 0.25) is 6.10 Å². The van der Waals surface area contributed by atoms with Crippen molar-refractivity contribution >= 4 is 11.6 Å². The summed E-state index contributed by atoms with van der Waals surface area (Å²) in [5.41, 5.74) is 2.55. The monoisotopic (exact) mass is 298 g/mol. The van der Waals surface area contributed by atoms with Gasteiger partial charge in [-0.25, -0.2) is 4.39 Å². The van der Waals surface area contributed by atoms with Gasteiger partial charge in [-0.15, -0.1) is 0 Å². The van der Waals surface area contributed by atoms with Crippen molar-refractivity contribution in [2.45, 2.75) is 19.1 Å². The van der Waals surface area contributed by atoms with Crippen LogP contribution in [0.4, 0.5) is 4.39 Å². The van der Waals surface area contributed by atoms with E-state index in [2.05, 4.69) is 10.5 Å². The Labute approximate surface area is 127 Å². The fraction of sp³-hybridized carbons (Fsp3) is 0.176. The van der Waals surface area contributed by atoms with Gasteiger partial charge >= 0.3 is 0 Å². The molecule has 0 aliphatic carbocycles. The molecule has 2 aromatic carbocycles. The molecule has 1 atom stereocenters. The molecule has 0 bridgehead atoms. The summed E-state index contributed by atoms with van der Waals surface area (Å²) in [6.45, 7) is 0.333. The number of nitrogens with zero attached hydrogens (tertiary/aromatic N) is 1. The van der Waals surface area contributed by atoms with E-state index in [1.54, 1.807) is 12.1 Å². The van der Waals surface area contributed by atoms with Crippen LogP contribution in [-0.2, 0) is 16.2 Å². The third-order valence-corrected chi connectivity index (χ3v) is 3.45. The summed E-state index contributed by atoms with van der Waals surface area (Å²) in [7, 11) is 0. The molecule has 0 fully saturated rings. The average Bonchev–Trinajstić information content (AvgIpc) is 3.05. The van der Waals surface area contributed by atoms with Gasteiger partial charge in [0.1, 0.15) is 5.82 Å². The van der Waals surface area contributed by atoms with E-state index in [4.69, 9.17) is 4.84 Å². The third-order valence-electron chi connectivity index (χ3n) is 3.45. The standard InChI is InChI=1S/C17H15FN2O2/c18-14-8-6-12(7-9-14)11-19-17(21)16-10-15(20-22-16)13-4-2-1-3-5-13/h1-9,16H,10-11H2,(H,19,21)/t16-/m0/s1. The van der Waals surface area contributed by atoms with Gasteiger partial charge in [0.25, 0.3) is 5.91 Å². The van der Waals surface area contributed by atoms with Crippen molar-refractivity contribution in [1.82, 2.24) is 5.32 Å². The molecule has 5 heteroatoms. The van der Waals surface area contributed by atoms with Crippen LogP contribution >= 0.6 is 0 Å². The first-order chi connectivity index (χ1) is 10.7. The molecular formula is C17H15FN2O2. The van der Waals surface area contributed by atoms with E-state index in [1.807, 2.05) is 30.3 Å². The average molecular weight is 298 g/mol. The molecule has 22 heavy (non-hydrogen) atoms. The van der Waals surface area contributed by atoms with Gasteiger partial charge in [-0.3, -0.25) is 4.79 Å². The van der Waals surface area contributed by atoms with Crippen LogP contribution in [0.5, 0.6) is 0 Å². The molecule has 1 N–H and O–H groups in total. The van der Waals surface area contributed by atoms with E-state index in [0.29, 0.717) is 13.0 Å². The summed E-state index contributed by atoms with van der Waals surface area (Å²) >= 11 is 0. The zero-order chi connectivity index (χ0) is 15.4. The Kier molecular flexibility index (Phi) is 4.14. The van der Waals surface area contributed by atoms with Crippen LogP contribution in [0.1, 0.15) is 17.5 Å². The van der Waals surface area contributed by atoms with Crippen LogP contribution < -0.4 is 5.32 Å². The second-order valence-corrected chi connectivity index (χ2v) is 5.05. The van der Waals surface area contributed by atoms with Crippen molar-refractivity contribution in [3.05, 3.63) is 71.5 Å². The number of nitrogens with one attached hydrogen (secondary N) is 1. The number of hydrogen-bond donors (Lipinski definition) is 1. The van der Waals surface area contributed by atoms with Crippen molar-refractivity contribution in [2.75, 3.05) is 0 Å². The van der Waals surface area contributed by atoms with E-state index in [1.165, 1.54) is 12.1 Å². The van der Waals surface area contributed by atoms with Gasteiger partial charge in [-0.2, -0.15) is 0 Å². The molecular weight excluding hydrogens is 283 g/mol. The summed E-state index contributed by atoms with van der Waals surface area (Å²) in [4.78, 5) is 17.3. The molecule has 0 saturated carbocycles. The van der Waals surface area contributed by atoms with Crippen molar-refractivity contribution in [3.8, 4) is 0 Å². The second-order valence-electron chi connectivity index (χ2n) is 5.05. The Bertz CT molecular complexity index is 684. The quantitative estimate of drug-likeness (QED) is 0.943. The smallest absolute Gasteiger partial charge is 0.264 e. The highest BCUT2D eigenvalue weighted by Crippen LogP contribution is 2.16. The highest BCUT2D eigenvalue weighted by atomic mass is 19.1. The van der Waals surface area contributed by atoms with Crippen LogP contribution in [0.25, 0.3) is 0 Å². The predicted octanol–water partition coefficient (Wildman–Crippen LogP) is 2.64. The second kappa shape index (κ2) is 6.39. The fourth-order valence-electron chi connectivity index (χ4n) is 2.22. The van der Waals surface area contributed by atoms with Gasteiger partial charge in [-0.05, 0) is 23.3 Å². The minimum atomic E-state index is -0.615. The number of amides is 1.